The number of hydrogen-bond acceptors (Lipinski definition) is 1. The van der Waals surface area contributed by atoms with Crippen molar-refractivity contribution in [3.8, 4) is 0 Å². The van der Waals surface area contributed by atoms with Gasteiger partial charge in [-0.05, 0) is 56.3 Å². The van der Waals surface area contributed by atoms with E-state index in [1.165, 1.54) is 31.3 Å². The topological polar surface area (TPSA) is 37.3 Å². The molecule has 1 N–H and O–H groups in total. The Morgan fingerprint density at radius 3 is 2.76 bits per heavy atom. The number of carboxylic acids is 1. The van der Waals surface area contributed by atoms with Crippen molar-refractivity contribution in [1.29, 1.82) is 0 Å². The number of fused-ring (bicyclic) bond motifs is 1. The molecule has 2 rings (SSSR count). The Labute approximate surface area is 130 Å². The summed E-state index contributed by atoms with van der Waals surface area (Å²) in [4.78, 5) is 11.8. The molecule has 0 heterocycles. The number of carboxylic acid groups (broad SMARTS) is 1. The molecular formula is C19H32O2. The Bertz CT molecular complexity index is 385. The first-order valence-electron chi connectivity index (χ1n) is 8.94. The largest absolute Gasteiger partial charge is 0.481 e. The third-order valence-electron chi connectivity index (χ3n) is 5.98. The van der Waals surface area contributed by atoms with Crippen LogP contribution < -0.4 is 0 Å². The second-order valence-corrected chi connectivity index (χ2v) is 7.45. The van der Waals surface area contributed by atoms with Crippen LogP contribution in [0.25, 0.3) is 0 Å². The summed E-state index contributed by atoms with van der Waals surface area (Å²) in [7, 11) is 0. The van der Waals surface area contributed by atoms with Gasteiger partial charge in [-0.2, -0.15) is 0 Å². The molecule has 0 spiro atoms. The molecule has 1 fully saturated rings. The number of aliphatic carboxylic acids is 1. The van der Waals surface area contributed by atoms with E-state index in [0.29, 0.717) is 11.8 Å². The minimum Gasteiger partial charge on any atom is -0.481 e. The Morgan fingerprint density at radius 1 is 1.33 bits per heavy atom. The first kappa shape index (κ1) is 16.6. The van der Waals surface area contributed by atoms with Crippen molar-refractivity contribution in [3.05, 3.63) is 11.6 Å². The molecule has 0 radical (unpaired) electrons. The van der Waals surface area contributed by atoms with Crippen LogP contribution in [-0.2, 0) is 4.79 Å². The third-order valence-corrected chi connectivity index (χ3v) is 5.98. The molecule has 2 aliphatic rings. The monoisotopic (exact) mass is 292 g/mol. The normalized spacial score (nSPS) is 34.0. The van der Waals surface area contributed by atoms with Gasteiger partial charge in [-0.1, -0.05) is 51.2 Å². The van der Waals surface area contributed by atoms with Crippen LogP contribution in [0.2, 0.25) is 0 Å². The van der Waals surface area contributed by atoms with Crippen LogP contribution in [-0.4, -0.2) is 11.1 Å². The van der Waals surface area contributed by atoms with E-state index >= 15 is 0 Å². The molecule has 0 aromatic heterocycles. The summed E-state index contributed by atoms with van der Waals surface area (Å²) in [5.41, 5.74) is 1.48. The van der Waals surface area contributed by atoms with E-state index < -0.39 is 5.97 Å². The molecule has 0 saturated heterocycles. The van der Waals surface area contributed by atoms with E-state index in [9.17, 15) is 9.90 Å². The zero-order valence-corrected chi connectivity index (χ0v) is 14.0. The molecule has 0 aromatic rings. The second kappa shape index (κ2) is 7.47. The standard InChI is InChI=1S/C19H32O2/c1-4-5-6-7-17(19(20)21)16-11-9-14(3)15-10-8-13(2)12-18(15)16/h12,14-18H,4-11H2,1-3H3,(H,20,21)/t14-,15+,16+,17?,18+/m1/s1. The lowest BCUT2D eigenvalue weighted by molar-refractivity contribution is -0.146. The minimum atomic E-state index is -0.555. The molecule has 0 aromatic carbocycles. The van der Waals surface area contributed by atoms with Gasteiger partial charge in [0.2, 0.25) is 0 Å². The molecule has 1 unspecified atom stereocenters. The highest BCUT2D eigenvalue weighted by molar-refractivity contribution is 5.70. The molecule has 0 bridgehead atoms. The summed E-state index contributed by atoms with van der Waals surface area (Å²) >= 11 is 0. The average molecular weight is 292 g/mol. The Balaban J connectivity index is 2.14. The summed E-state index contributed by atoms with van der Waals surface area (Å²) in [5, 5.41) is 9.73. The van der Waals surface area contributed by atoms with Crippen molar-refractivity contribution >= 4 is 5.97 Å². The van der Waals surface area contributed by atoms with Crippen LogP contribution >= 0.6 is 0 Å². The van der Waals surface area contributed by atoms with Gasteiger partial charge in [0, 0.05) is 0 Å². The van der Waals surface area contributed by atoms with Gasteiger partial charge in [-0.15, -0.1) is 0 Å². The Hall–Kier alpha value is -0.790. The summed E-state index contributed by atoms with van der Waals surface area (Å²) in [6.45, 7) is 6.77. The minimum absolute atomic E-state index is 0.126. The summed E-state index contributed by atoms with van der Waals surface area (Å²) in [6, 6.07) is 0. The number of carbonyl (C=O) groups is 1. The summed E-state index contributed by atoms with van der Waals surface area (Å²) in [5.74, 6) is 1.70. The highest BCUT2D eigenvalue weighted by atomic mass is 16.4. The van der Waals surface area contributed by atoms with E-state index in [1.54, 1.807) is 0 Å². The quantitative estimate of drug-likeness (QED) is 0.533. The van der Waals surface area contributed by atoms with Gasteiger partial charge >= 0.3 is 5.97 Å². The fraction of sp³-hybridized carbons (Fsp3) is 0.842. The van der Waals surface area contributed by atoms with Crippen molar-refractivity contribution in [1.82, 2.24) is 0 Å². The summed E-state index contributed by atoms with van der Waals surface area (Å²) < 4.78 is 0. The van der Waals surface area contributed by atoms with E-state index in [-0.39, 0.29) is 5.92 Å². The molecule has 2 heteroatoms. The third kappa shape index (κ3) is 3.90. The van der Waals surface area contributed by atoms with Crippen molar-refractivity contribution in [2.24, 2.45) is 29.6 Å². The van der Waals surface area contributed by atoms with Gasteiger partial charge < -0.3 is 5.11 Å². The smallest absolute Gasteiger partial charge is 0.306 e. The lowest BCUT2D eigenvalue weighted by Gasteiger charge is -2.45. The van der Waals surface area contributed by atoms with Crippen molar-refractivity contribution < 1.29 is 9.90 Å². The van der Waals surface area contributed by atoms with Crippen LogP contribution in [0.15, 0.2) is 11.6 Å². The van der Waals surface area contributed by atoms with Crippen LogP contribution in [0.5, 0.6) is 0 Å². The summed E-state index contributed by atoms with van der Waals surface area (Å²) in [6.07, 6.45) is 11.5. The number of unbranched alkanes of at least 4 members (excludes halogenated alkanes) is 2. The molecule has 0 amide bonds. The Morgan fingerprint density at radius 2 is 2.10 bits per heavy atom. The zero-order chi connectivity index (χ0) is 15.4. The van der Waals surface area contributed by atoms with Crippen LogP contribution in [0.1, 0.15) is 72.1 Å². The van der Waals surface area contributed by atoms with Gasteiger partial charge in [0.25, 0.3) is 0 Å². The second-order valence-electron chi connectivity index (χ2n) is 7.45. The first-order chi connectivity index (χ1) is 10.0. The van der Waals surface area contributed by atoms with E-state index in [4.69, 9.17) is 0 Å². The van der Waals surface area contributed by atoms with Gasteiger partial charge in [0.05, 0.1) is 5.92 Å². The number of hydrogen-bond donors (Lipinski definition) is 1. The molecule has 21 heavy (non-hydrogen) atoms. The lowest BCUT2D eigenvalue weighted by Crippen LogP contribution is -2.40. The molecule has 2 nitrogen and oxygen atoms in total. The maximum absolute atomic E-state index is 11.8. The van der Waals surface area contributed by atoms with E-state index in [0.717, 1.165) is 37.5 Å². The van der Waals surface area contributed by atoms with Crippen molar-refractivity contribution in [3.63, 3.8) is 0 Å². The number of rotatable bonds is 6. The predicted molar refractivity (Wildman–Crippen MR) is 87.1 cm³/mol. The van der Waals surface area contributed by atoms with Gasteiger partial charge in [0.1, 0.15) is 0 Å². The maximum Gasteiger partial charge on any atom is 0.306 e. The van der Waals surface area contributed by atoms with Crippen LogP contribution in [0.3, 0.4) is 0 Å². The first-order valence-corrected chi connectivity index (χ1v) is 8.94. The van der Waals surface area contributed by atoms with Gasteiger partial charge in [0.15, 0.2) is 0 Å². The van der Waals surface area contributed by atoms with E-state index in [1.807, 2.05) is 0 Å². The highest BCUT2D eigenvalue weighted by Crippen LogP contribution is 2.48. The average Bonchev–Trinajstić information content (AvgIpc) is 2.44. The fourth-order valence-electron chi connectivity index (χ4n) is 4.69. The fourth-order valence-corrected chi connectivity index (χ4v) is 4.69. The van der Waals surface area contributed by atoms with Gasteiger partial charge in [-0.25, -0.2) is 0 Å². The Kier molecular flexibility index (Phi) is 5.89. The highest BCUT2D eigenvalue weighted by Gasteiger charge is 2.42. The lowest BCUT2D eigenvalue weighted by atomic mass is 9.59. The SMILES string of the molecule is CCCCCC(C(=O)O)[C@@H]1CC[C@@H](C)[C@@H]2CCC(C)=C[C@@H]21. The molecular weight excluding hydrogens is 260 g/mol. The van der Waals surface area contributed by atoms with E-state index in [2.05, 4.69) is 26.8 Å². The zero-order valence-electron chi connectivity index (χ0n) is 14.0. The van der Waals surface area contributed by atoms with Crippen molar-refractivity contribution in [2.45, 2.75) is 72.1 Å². The molecule has 0 aliphatic heterocycles. The van der Waals surface area contributed by atoms with Crippen LogP contribution in [0, 0.1) is 29.6 Å². The van der Waals surface area contributed by atoms with Crippen LogP contribution in [0.4, 0.5) is 0 Å². The molecule has 5 atom stereocenters. The molecule has 2 aliphatic carbocycles. The predicted octanol–water partition coefficient (Wildman–Crippen LogP) is 5.29. The van der Waals surface area contributed by atoms with Gasteiger partial charge in [-0.3, -0.25) is 4.79 Å². The molecule has 120 valence electrons. The molecule has 1 saturated carbocycles. The number of allylic oxidation sites excluding steroid dienone is 2. The van der Waals surface area contributed by atoms with Crippen molar-refractivity contribution in [2.75, 3.05) is 0 Å². The maximum atomic E-state index is 11.8.